The zero-order valence-electron chi connectivity index (χ0n) is 13.5. The summed E-state index contributed by atoms with van der Waals surface area (Å²) in [5, 5.41) is 10.3. The number of aryl methyl sites for hydroxylation is 1. The molecule has 0 saturated carbocycles. The van der Waals surface area contributed by atoms with Crippen molar-refractivity contribution in [3.8, 4) is 22.6 Å². The first-order valence-corrected chi connectivity index (χ1v) is 7.46. The summed E-state index contributed by atoms with van der Waals surface area (Å²) >= 11 is 0. The maximum atomic E-state index is 11.9. The molecular formula is C19H22O3. The van der Waals surface area contributed by atoms with Crippen molar-refractivity contribution in [2.24, 2.45) is 5.41 Å². The van der Waals surface area contributed by atoms with Gasteiger partial charge in [-0.3, -0.25) is 4.79 Å². The van der Waals surface area contributed by atoms with Crippen molar-refractivity contribution in [1.82, 2.24) is 0 Å². The molecule has 0 spiro atoms. The molecule has 1 N–H and O–H groups in total. The van der Waals surface area contributed by atoms with E-state index in [1.165, 1.54) is 6.07 Å². The van der Waals surface area contributed by atoms with E-state index in [1.54, 1.807) is 32.9 Å². The van der Waals surface area contributed by atoms with E-state index < -0.39 is 5.41 Å². The van der Waals surface area contributed by atoms with Crippen LogP contribution in [0, 0.1) is 5.41 Å². The number of carbonyl (C=O) groups is 1. The van der Waals surface area contributed by atoms with Crippen molar-refractivity contribution in [2.75, 3.05) is 0 Å². The van der Waals surface area contributed by atoms with Gasteiger partial charge in [0.05, 0.1) is 5.41 Å². The van der Waals surface area contributed by atoms with Gasteiger partial charge in [-0.1, -0.05) is 31.2 Å². The molecule has 0 heterocycles. The SMILES string of the molecule is CCc1ccccc1-c1ccc(OC(=O)C(C)(C)C)cc1O. The van der Waals surface area contributed by atoms with Crippen molar-refractivity contribution >= 4 is 5.97 Å². The first-order chi connectivity index (χ1) is 10.3. The zero-order valence-corrected chi connectivity index (χ0v) is 13.5. The van der Waals surface area contributed by atoms with Crippen molar-refractivity contribution in [1.29, 1.82) is 0 Å². The molecule has 0 atom stereocenters. The lowest BCUT2D eigenvalue weighted by atomic mass is 9.96. The highest BCUT2D eigenvalue weighted by atomic mass is 16.5. The van der Waals surface area contributed by atoms with Crippen LogP contribution in [-0.2, 0) is 11.2 Å². The summed E-state index contributed by atoms with van der Waals surface area (Å²) in [4.78, 5) is 11.9. The third kappa shape index (κ3) is 3.48. The fraction of sp³-hybridized carbons (Fsp3) is 0.316. The highest BCUT2D eigenvalue weighted by Gasteiger charge is 2.24. The van der Waals surface area contributed by atoms with Gasteiger partial charge in [0.15, 0.2) is 0 Å². The van der Waals surface area contributed by atoms with Crippen LogP contribution in [0.1, 0.15) is 33.3 Å². The van der Waals surface area contributed by atoms with Gasteiger partial charge in [0.25, 0.3) is 0 Å². The van der Waals surface area contributed by atoms with E-state index in [-0.39, 0.29) is 11.7 Å². The molecule has 22 heavy (non-hydrogen) atoms. The summed E-state index contributed by atoms with van der Waals surface area (Å²) in [7, 11) is 0. The number of benzene rings is 2. The molecule has 0 amide bonds. The van der Waals surface area contributed by atoms with E-state index in [0.29, 0.717) is 5.75 Å². The predicted molar refractivity (Wildman–Crippen MR) is 88.0 cm³/mol. The molecule has 0 aromatic heterocycles. The molecule has 2 aromatic rings. The van der Waals surface area contributed by atoms with Gasteiger partial charge in [0.2, 0.25) is 0 Å². The third-order valence-electron chi connectivity index (χ3n) is 3.48. The minimum atomic E-state index is -0.580. The predicted octanol–water partition coefficient (Wildman–Crippen LogP) is 4.57. The van der Waals surface area contributed by atoms with Crippen LogP contribution in [0.5, 0.6) is 11.5 Å². The average Bonchev–Trinajstić information content (AvgIpc) is 2.46. The van der Waals surface area contributed by atoms with Crippen LogP contribution in [-0.4, -0.2) is 11.1 Å². The Bertz CT molecular complexity index is 681. The molecule has 0 saturated heterocycles. The van der Waals surface area contributed by atoms with E-state index in [2.05, 4.69) is 6.92 Å². The Hall–Kier alpha value is -2.29. The van der Waals surface area contributed by atoms with Crippen LogP contribution in [0.4, 0.5) is 0 Å². The van der Waals surface area contributed by atoms with E-state index in [4.69, 9.17) is 4.74 Å². The first-order valence-electron chi connectivity index (χ1n) is 7.46. The summed E-state index contributed by atoms with van der Waals surface area (Å²) < 4.78 is 5.31. The molecule has 116 valence electrons. The standard InChI is InChI=1S/C19H22O3/c1-5-13-8-6-7-9-15(13)16-11-10-14(12-17(16)20)22-18(21)19(2,3)4/h6-12,20H,5H2,1-4H3. The number of rotatable bonds is 3. The van der Waals surface area contributed by atoms with E-state index >= 15 is 0 Å². The molecule has 0 unspecified atom stereocenters. The minimum absolute atomic E-state index is 0.111. The highest BCUT2D eigenvalue weighted by Crippen LogP contribution is 2.35. The van der Waals surface area contributed by atoms with Crippen molar-refractivity contribution in [3.05, 3.63) is 48.0 Å². The monoisotopic (exact) mass is 298 g/mol. The molecule has 0 bridgehead atoms. The Kier molecular flexibility index (Phi) is 4.55. The molecule has 0 aliphatic carbocycles. The van der Waals surface area contributed by atoms with E-state index in [9.17, 15) is 9.90 Å². The number of carbonyl (C=O) groups excluding carboxylic acids is 1. The van der Waals surface area contributed by atoms with Gasteiger partial charge in [-0.25, -0.2) is 0 Å². The fourth-order valence-corrected chi connectivity index (χ4v) is 2.15. The maximum Gasteiger partial charge on any atom is 0.316 e. The minimum Gasteiger partial charge on any atom is -0.507 e. The maximum absolute atomic E-state index is 11.9. The largest absolute Gasteiger partial charge is 0.507 e. The molecule has 2 aromatic carbocycles. The average molecular weight is 298 g/mol. The quantitative estimate of drug-likeness (QED) is 0.666. The van der Waals surface area contributed by atoms with Gasteiger partial charge in [0.1, 0.15) is 11.5 Å². The zero-order chi connectivity index (χ0) is 16.3. The third-order valence-corrected chi connectivity index (χ3v) is 3.48. The lowest BCUT2D eigenvalue weighted by molar-refractivity contribution is -0.142. The lowest BCUT2D eigenvalue weighted by Gasteiger charge is -2.17. The number of hydrogen-bond donors (Lipinski definition) is 1. The summed E-state index contributed by atoms with van der Waals surface area (Å²) in [6.07, 6.45) is 0.885. The molecule has 3 heteroatoms. The molecule has 0 fully saturated rings. The second kappa shape index (κ2) is 6.22. The van der Waals surface area contributed by atoms with Crippen LogP contribution in [0.2, 0.25) is 0 Å². The van der Waals surface area contributed by atoms with Crippen LogP contribution in [0.25, 0.3) is 11.1 Å². The van der Waals surface area contributed by atoms with Gasteiger partial charge >= 0.3 is 5.97 Å². The first kappa shape index (κ1) is 16.1. The molecule has 0 aliphatic heterocycles. The Balaban J connectivity index is 2.33. The van der Waals surface area contributed by atoms with Crippen molar-refractivity contribution < 1.29 is 14.6 Å². The van der Waals surface area contributed by atoms with E-state index in [1.807, 2.05) is 24.3 Å². The summed E-state index contributed by atoms with van der Waals surface area (Å²) in [5.41, 5.74) is 2.32. The Labute approximate surface area is 131 Å². The Morgan fingerprint density at radius 1 is 1.09 bits per heavy atom. The topological polar surface area (TPSA) is 46.5 Å². The van der Waals surface area contributed by atoms with Gasteiger partial charge in [-0.05, 0) is 50.5 Å². The molecular weight excluding hydrogens is 276 g/mol. The van der Waals surface area contributed by atoms with Gasteiger partial charge in [-0.15, -0.1) is 0 Å². The van der Waals surface area contributed by atoms with Gasteiger partial charge < -0.3 is 9.84 Å². The molecule has 0 radical (unpaired) electrons. The number of aromatic hydroxyl groups is 1. The smallest absolute Gasteiger partial charge is 0.316 e. The van der Waals surface area contributed by atoms with Gasteiger partial charge in [-0.2, -0.15) is 0 Å². The number of esters is 1. The number of ether oxygens (including phenoxy) is 1. The fourth-order valence-electron chi connectivity index (χ4n) is 2.15. The molecule has 2 rings (SSSR count). The van der Waals surface area contributed by atoms with E-state index in [0.717, 1.165) is 23.1 Å². The van der Waals surface area contributed by atoms with Gasteiger partial charge in [0, 0.05) is 11.6 Å². The van der Waals surface area contributed by atoms with Crippen LogP contribution in [0.3, 0.4) is 0 Å². The number of hydrogen-bond acceptors (Lipinski definition) is 3. The summed E-state index contributed by atoms with van der Waals surface area (Å²) in [5.74, 6) is 0.142. The highest BCUT2D eigenvalue weighted by molar-refractivity contribution is 5.79. The Morgan fingerprint density at radius 2 is 1.77 bits per heavy atom. The van der Waals surface area contributed by atoms with Crippen LogP contribution < -0.4 is 4.74 Å². The summed E-state index contributed by atoms with van der Waals surface area (Å²) in [6.45, 7) is 7.46. The molecule has 0 aliphatic rings. The van der Waals surface area contributed by atoms with Crippen molar-refractivity contribution in [3.63, 3.8) is 0 Å². The number of phenolic OH excluding ortho intramolecular Hbond substituents is 1. The van der Waals surface area contributed by atoms with Crippen molar-refractivity contribution in [2.45, 2.75) is 34.1 Å². The summed E-state index contributed by atoms with van der Waals surface area (Å²) in [6, 6.07) is 12.9. The lowest BCUT2D eigenvalue weighted by Crippen LogP contribution is -2.25. The van der Waals surface area contributed by atoms with Crippen LogP contribution in [0.15, 0.2) is 42.5 Å². The normalized spacial score (nSPS) is 11.3. The second-order valence-corrected chi connectivity index (χ2v) is 6.33. The Morgan fingerprint density at radius 3 is 2.36 bits per heavy atom. The molecule has 3 nitrogen and oxygen atoms in total. The second-order valence-electron chi connectivity index (χ2n) is 6.33. The van der Waals surface area contributed by atoms with Crippen LogP contribution >= 0.6 is 0 Å². The number of phenols is 1.